The van der Waals surface area contributed by atoms with Crippen LogP contribution in [0.15, 0.2) is 48.5 Å². The summed E-state index contributed by atoms with van der Waals surface area (Å²) < 4.78 is 0. The summed E-state index contributed by atoms with van der Waals surface area (Å²) in [6, 6.07) is 21.7. The molecule has 2 fully saturated rings. The molecule has 0 bridgehead atoms. The van der Waals surface area contributed by atoms with Crippen molar-refractivity contribution in [1.29, 1.82) is 10.5 Å². The first-order valence-electron chi connectivity index (χ1n) is 9.72. The van der Waals surface area contributed by atoms with Gasteiger partial charge in [0.1, 0.15) is 0 Å². The van der Waals surface area contributed by atoms with Crippen molar-refractivity contribution in [3.05, 3.63) is 70.8 Å². The molecule has 2 aromatic rings. The Bertz CT molecular complexity index is 888. The van der Waals surface area contributed by atoms with Crippen molar-refractivity contribution in [2.45, 2.75) is 44.4 Å². The summed E-state index contributed by atoms with van der Waals surface area (Å²) in [6.45, 7) is 3.80. The highest BCUT2D eigenvalue weighted by Gasteiger charge is 2.37. The molecule has 27 heavy (non-hydrogen) atoms. The fraction of sp³-hybridized carbons (Fsp3) is 0.391. The van der Waals surface area contributed by atoms with E-state index in [0.29, 0.717) is 12.1 Å². The van der Waals surface area contributed by atoms with Crippen molar-refractivity contribution in [2.24, 2.45) is 0 Å². The highest BCUT2D eigenvalue weighted by atomic mass is 15.3. The van der Waals surface area contributed by atoms with Crippen LogP contribution >= 0.6 is 0 Å². The van der Waals surface area contributed by atoms with Gasteiger partial charge in [-0.25, -0.2) is 0 Å². The van der Waals surface area contributed by atoms with Crippen LogP contribution in [-0.2, 0) is 13.1 Å². The van der Waals surface area contributed by atoms with Gasteiger partial charge in [-0.2, -0.15) is 10.5 Å². The molecule has 2 aromatic carbocycles. The van der Waals surface area contributed by atoms with E-state index in [4.69, 9.17) is 0 Å². The Kier molecular flexibility index (Phi) is 5.21. The Hall–Kier alpha value is -2.66. The summed E-state index contributed by atoms with van der Waals surface area (Å²) >= 11 is 0. The zero-order valence-corrected chi connectivity index (χ0v) is 15.5. The van der Waals surface area contributed by atoms with E-state index in [9.17, 15) is 10.5 Å². The molecule has 0 unspecified atom stereocenters. The van der Waals surface area contributed by atoms with E-state index < -0.39 is 0 Å². The predicted molar refractivity (Wildman–Crippen MR) is 105 cm³/mol. The van der Waals surface area contributed by atoms with E-state index in [1.165, 1.54) is 12.8 Å². The molecule has 0 radical (unpaired) electrons. The molecule has 0 aromatic heterocycles. The maximum absolute atomic E-state index is 9.40. The van der Waals surface area contributed by atoms with Crippen molar-refractivity contribution < 1.29 is 0 Å². The second-order valence-electron chi connectivity index (χ2n) is 7.62. The van der Waals surface area contributed by atoms with Gasteiger partial charge in [-0.1, -0.05) is 36.4 Å². The van der Waals surface area contributed by atoms with Gasteiger partial charge in [-0.3, -0.25) is 9.80 Å². The molecular formula is C23H24N4. The minimum absolute atomic E-state index is 0.526. The van der Waals surface area contributed by atoms with Crippen LogP contribution in [0.3, 0.4) is 0 Å². The predicted octanol–water partition coefficient (Wildman–Crippen LogP) is 3.67. The average Bonchev–Trinajstić information content (AvgIpc) is 3.45. The van der Waals surface area contributed by atoms with Crippen molar-refractivity contribution >= 4 is 0 Å². The summed E-state index contributed by atoms with van der Waals surface area (Å²) in [7, 11) is 0. The van der Waals surface area contributed by atoms with E-state index in [2.05, 4.69) is 34.1 Å². The van der Waals surface area contributed by atoms with Crippen LogP contribution in [0, 0.1) is 22.7 Å². The van der Waals surface area contributed by atoms with Crippen LogP contribution in [0.25, 0.3) is 0 Å². The van der Waals surface area contributed by atoms with Crippen LogP contribution in [0.5, 0.6) is 0 Å². The van der Waals surface area contributed by atoms with E-state index in [-0.39, 0.29) is 0 Å². The highest BCUT2D eigenvalue weighted by Crippen LogP contribution is 2.33. The molecule has 1 aliphatic carbocycles. The zero-order valence-electron chi connectivity index (χ0n) is 15.5. The SMILES string of the molecule is N#Cc1ccccc1CN1CC[C@@H](N(Cc2ccccc2C#N)C2CC2)C1. The summed E-state index contributed by atoms with van der Waals surface area (Å²) in [6.07, 6.45) is 3.69. The van der Waals surface area contributed by atoms with Gasteiger partial charge in [0.15, 0.2) is 0 Å². The summed E-state index contributed by atoms with van der Waals surface area (Å²) in [5, 5.41) is 18.7. The van der Waals surface area contributed by atoms with Crippen molar-refractivity contribution in [2.75, 3.05) is 13.1 Å². The Morgan fingerprint density at radius 3 is 2.15 bits per heavy atom. The van der Waals surface area contributed by atoms with Crippen LogP contribution < -0.4 is 0 Å². The molecular weight excluding hydrogens is 332 g/mol. The van der Waals surface area contributed by atoms with Gasteiger partial charge >= 0.3 is 0 Å². The Morgan fingerprint density at radius 1 is 0.852 bits per heavy atom. The molecule has 4 nitrogen and oxygen atoms in total. The number of hydrogen-bond acceptors (Lipinski definition) is 4. The van der Waals surface area contributed by atoms with Gasteiger partial charge in [0.05, 0.1) is 23.3 Å². The first-order chi connectivity index (χ1) is 13.3. The molecule has 1 atom stereocenters. The highest BCUT2D eigenvalue weighted by molar-refractivity contribution is 5.38. The topological polar surface area (TPSA) is 54.1 Å². The van der Waals surface area contributed by atoms with Crippen LogP contribution in [0.2, 0.25) is 0 Å². The molecule has 0 N–H and O–H groups in total. The van der Waals surface area contributed by atoms with Gasteiger partial charge in [0, 0.05) is 38.3 Å². The largest absolute Gasteiger partial charge is 0.297 e. The van der Waals surface area contributed by atoms with Crippen LogP contribution in [-0.4, -0.2) is 35.0 Å². The number of nitriles is 2. The van der Waals surface area contributed by atoms with E-state index in [1.54, 1.807) is 0 Å². The molecule has 1 saturated heterocycles. The lowest BCUT2D eigenvalue weighted by Crippen LogP contribution is -2.38. The minimum atomic E-state index is 0.526. The van der Waals surface area contributed by atoms with Crippen LogP contribution in [0.4, 0.5) is 0 Å². The van der Waals surface area contributed by atoms with Gasteiger partial charge in [-0.05, 0) is 42.5 Å². The summed E-state index contributed by atoms with van der Waals surface area (Å²) in [5.41, 5.74) is 3.83. The molecule has 1 saturated carbocycles. The fourth-order valence-corrected chi connectivity index (χ4v) is 4.16. The van der Waals surface area contributed by atoms with E-state index >= 15 is 0 Å². The monoisotopic (exact) mass is 356 g/mol. The second kappa shape index (κ2) is 7.92. The fourth-order valence-electron chi connectivity index (χ4n) is 4.16. The van der Waals surface area contributed by atoms with Gasteiger partial charge in [0.25, 0.3) is 0 Å². The lowest BCUT2D eigenvalue weighted by atomic mass is 10.1. The molecule has 1 heterocycles. The smallest absolute Gasteiger partial charge is 0.0995 e. The maximum Gasteiger partial charge on any atom is 0.0995 e. The third-order valence-corrected chi connectivity index (χ3v) is 5.75. The number of nitrogens with zero attached hydrogens (tertiary/aromatic N) is 4. The Balaban J connectivity index is 1.45. The molecule has 4 heteroatoms. The van der Waals surface area contributed by atoms with Gasteiger partial charge in [-0.15, -0.1) is 0 Å². The molecule has 2 aliphatic rings. The van der Waals surface area contributed by atoms with E-state index in [0.717, 1.165) is 54.9 Å². The second-order valence-corrected chi connectivity index (χ2v) is 7.62. The first-order valence-corrected chi connectivity index (χ1v) is 9.72. The Labute approximate surface area is 161 Å². The van der Waals surface area contributed by atoms with E-state index in [1.807, 2.05) is 36.4 Å². The van der Waals surface area contributed by atoms with Crippen molar-refractivity contribution in [3.8, 4) is 12.1 Å². The lowest BCUT2D eigenvalue weighted by molar-refractivity contribution is 0.173. The summed E-state index contributed by atoms with van der Waals surface area (Å²) in [5.74, 6) is 0. The average molecular weight is 356 g/mol. The number of benzene rings is 2. The number of rotatable bonds is 6. The molecule has 4 rings (SSSR count). The number of likely N-dealkylation sites (tertiary alicyclic amines) is 1. The standard InChI is InChI=1S/C23H24N4/c24-13-18-5-1-3-7-20(18)15-26-12-11-23(17-26)27(22-9-10-22)16-21-8-4-2-6-19(21)14-25/h1-8,22-23H,9-12,15-17H2/t23-/m1/s1. The minimum Gasteiger partial charge on any atom is -0.297 e. The lowest BCUT2D eigenvalue weighted by Gasteiger charge is -2.29. The third kappa shape index (κ3) is 4.03. The molecule has 136 valence electrons. The normalized spacial score (nSPS) is 19.7. The first kappa shape index (κ1) is 17.7. The quantitative estimate of drug-likeness (QED) is 0.792. The summed E-state index contributed by atoms with van der Waals surface area (Å²) in [4.78, 5) is 5.08. The van der Waals surface area contributed by atoms with Crippen molar-refractivity contribution in [3.63, 3.8) is 0 Å². The molecule has 1 aliphatic heterocycles. The van der Waals surface area contributed by atoms with Gasteiger partial charge < -0.3 is 0 Å². The molecule has 0 amide bonds. The molecule has 0 spiro atoms. The third-order valence-electron chi connectivity index (χ3n) is 5.75. The van der Waals surface area contributed by atoms with Crippen LogP contribution in [0.1, 0.15) is 41.5 Å². The maximum atomic E-state index is 9.40. The van der Waals surface area contributed by atoms with Gasteiger partial charge in [0.2, 0.25) is 0 Å². The number of hydrogen-bond donors (Lipinski definition) is 0. The Morgan fingerprint density at radius 2 is 1.48 bits per heavy atom. The van der Waals surface area contributed by atoms with Crippen molar-refractivity contribution in [1.82, 2.24) is 9.80 Å². The zero-order chi connectivity index (χ0) is 18.6.